The average Bonchev–Trinajstić information content (AvgIpc) is 3.13. The van der Waals surface area contributed by atoms with Crippen LogP contribution < -0.4 is 5.32 Å². The Balaban J connectivity index is 2.19. The van der Waals surface area contributed by atoms with Crippen molar-refractivity contribution in [2.75, 3.05) is 13.7 Å². The number of cyclic esters (lactones) is 1. The van der Waals surface area contributed by atoms with Crippen LogP contribution in [0.5, 0.6) is 0 Å². The number of carbonyl (C=O) groups is 3. The molecule has 0 saturated carbocycles. The second-order valence-electron chi connectivity index (χ2n) is 16.6. The van der Waals surface area contributed by atoms with Crippen LogP contribution in [0.4, 0.5) is 4.39 Å². The van der Waals surface area contributed by atoms with E-state index >= 15 is 4.39 Å². The molecule has 0 unspecified atom stereocenters. The third kappa shape index (κ3) is 11.7. The van der Waals surface area contributed by atoms with Gasteiger partial charge >= 0.3 is 5.97 Å². The number of oxime groups is 1. The smallest absolute Gasteiger partial charge is 0.351 e. The van der Waals surface area contributed by atoms with E-state index in [0.29, 0.717) is 17.8 Å². The first-order chi connectivity index (χ1) is 26.1. The zero-order valence-corrected chi connectivity index (χ0v) is 35.3. The molecule has 2 aliphatic rings. The van der Waals surface area contributed by atoms with Crippen molar-refractivity contribution in [3.8, 4) is 0 Å². The number of carbonyl (C=O) groups excluding carboxylic acids is 3. The molecule has 1 aromatic rings. The van der Waals surface area contributed by atoms with E-state index in [1.54, 1.807) is 27.8 Å². The van der Waals surface area contributed by atoms with Crippen LogP contribution in [0.3, 0.4) is 0 Å². The van der Waals surface area contributed by atoms with E-state index in [1.165, 1.54) is 20.8 Å². The second-order valence-corrected chi connectivity index (χ2v) is 16.6. The fourth-order valence-electron chi connectivity index (χ4n) is 8.02. The zero-order chi connectivity index (χ0) is 42.2. The summed E-state index contributed by atoms with van der Waals surface area (Å²) in [5, 5.41) is 31.2. The summed E-state index contributed by atoms with van der Waals surface area (Å²) in [7, 11) is 1.71. The van der Waals surface area contributed by atoms with E-state index in [4.69, 9.17) is 23.8 Å². The molecule has 2 saturated heterocycles. The summed E-state index contributed by atoms with van der Waals surface area (Å²) in [6.45, 7) is 17.7. The molecular formula is C42H66FN3O10. The topological polar surface area (TPSA) is 175 Å². The van der Waals surface area contributed by atoms with Gasteiger partial charge in [0.05, 0.1) is 30.1 Å². The van der Waals surface area contributed by atoms with Crippen LogP contribution in [0, 0.1) is 23.7 Å². The third-order valence-electron chi connectivity index (χ3n) is 11.3. The lowest BCUT2D eigenvalue weighted by Crippen LogP contribution is -2.59. The van der Waals surface area contributed by atoms with E-state index in [2.05, 4.69) is 15.5 Å². The Bertz CT molecular complexity index is 1530. The number of ether oxygens (including phenoxy) is 4. The van der Waals surface area contributed by atoms with Gasteiger partial charge in [0.1, 0.15) is 24.4 Å². The standard InChI is InChI=1S/C42H66FN3O10/c1-13-33-42(11,51)31(26(5)34(24(2)3)45-28(7)47)20-19-30(46-53-22-29-17-15-14-16-18-29)23-52-40(8,9)37(27(6)36(49)41(10,43)39(50)55-33)56-38-35(48)32(44-12)21-25(4)54-38/h14-18,24-27,31-33,35,37-38,44,48,51H,13,19-23H2,1-12H3/b45-34?,46-30+/t25-,26-,27+,31-,32+,33-,35-,37-,38+,41+,42+/m1/s1. The Labute approximate surface area is 332 Å². The molecule has 2 aliphatic heterocycles. The van der Waals surface area contributed by atoms with Crippen molar-refractivity contribution in [2.45, 2.75) is 162 Å². The minimum atomic E-state index is -3.17. The maximum absolute atomic E-state index is 16.8. The van der Waals surface area contributed by atoms with E-state index < -0.39 is 82.9 Å². The Morgan fingerprint density at radius 3 is 2.32 bits per heavy atom. The Morgan fingerprint density at radius 1 is 1.11 bits per heavy atom. The van der Waals surface area contributed by atoms with Crippen LogP contribution in [-0.2, 0) is 44.8 Å². The molecule has 0 aliphatic carbocycles. The number of ketones is 1. The van der Waals surface area contributed by atoms with Gasteiger partial charge in [0, 0.05) is 30.5 Å². The Kier molecular flexibility index (Phi) is 16.9. The molecule has 3 rings (SSSR count). The lowest BCUT2D eigenvalue weighted by atomic mass is 9.70. The number of aliphatic imine (C=N–C) groups is 1. The summed E-state index contributed by atoms with van der Waals surface area (Å²) >= 11 is 0. The number of hydrogen-bond donors (Lipinski definition) is 3. The summed E-state index contributed by atoms with van der Waals surface area (Å²) in [6.07, 6.45) is -4.20. The monoisotopic (exact) mass is 791 g/mol. The summed E-state index contributed by atoms with van der Waals surface area (Å²) in [6, 6.07) is 9.08. The first-order valence-corrected chi connectivity index (χ1v) is 19.9. The molecule has 0 aromatic heterocycles. The predicted octanol–water partition coefficient (Wildman–Crippen LogP) is 5.52. The zero-order valence-electron chi connectivity index (χ0n) is 35.3. The molecule has 14 heteroatoms. The van der Waals surface area contributed by atoms with Crippen LogP contribution in [0.2, 0.25) is 0 Å². The second kappa shape index (κ2) is 20.0. The lowest BCUT2D eigenvalue weighted by Gasteiger charge is -2.44. The van der Waals surface area contributed by atoms with Crippen LogP contribution in [0.1, 0.15) is 107 Å². The first-order valence-electron chi connectivity index (χ1n) is 19.9. The number of esters is 1. The van der Waals surface area contributed by atoms with Gasteiger partial charge in [-0.25, -0.2) is 14.2 Å². The minimum absolute atomic E-state index is 0.0768. The van der Waals surface area contributed by atoms with E-state index in [0.717, 1.165) is 12.5 Å². The molecule has 3 N–H and O–H groups in total. The largest absolute Gasteiger partial charge is 0.457 e. The van der Waals surface area contributed by atoms with Crippen LogP contribution in [0.25, 0.3) is 0 Å². The van der Waals surface area contributed by atoms with E-state index in [-0.39, 0.29) is 44.5 Å². The van der Waals surface area contributed by atoms with Crippen molar-refractivity contribution in [3.05, 3.63) is 35.9 Å². The predicted molar refractivity (Wildman–Crippen MR) is 211 cm³/mol. The maximum atomic E-state index is 16.8. The number of amides is 1. The quantitative estimate of drug-likeness (QED) is 0.118. The van der Waals surface area contributed by atoms with Gasteiger partial charge in [0.15, 0.2) is 12.1 Å². The van der Waals surface area contributed by atoms with Gasteiger partial charge in [-0.1, -0.05) is 70.1 Å². The molecule has 56 heavy (non-hydrogen) atoms. The Hall–Kier alpha value is -3.14. The number of rotatable bonds is 10. The number of benzene rings is 1. The molecule has 0 bridgehead atoms. The van der Waals surface area contributed by atoms with Crippen molar-refractivity contribution < 1.29 is 52.8 Å². The van der Waals surface area contributed by atoms with Gasteiger partial charge in [-0.15, -0.1) is 0 Å². The van der Waals surface area contributed by atoms with Crippen molar-refractivity contribution in [2.24, 2.45) is 33.8 Å². The number of nitrogens with zero attached hydrogens (tertiary/aromatic N) is 2. The molecular weight excluding hydrogens is 725 g/mol. The molecule has 13 nitrogen and oxygen atoms in total. The van der Waals surface area contributed by atoms with E-state index in [9.17, 15) is 24.6 Å². The number of aliphatic hydroxyl groups excluding tert-OH is 1. The van der Waals surface area contributed by atoms with Gasteiger partial charge in [-0.05, 0) is 84.7 Å². The first kappa shape index (κ1) is 47.2. The highest BCUT2D eigenvalue weighted by molar-refractivity contribution is 6.08. The van der Waals surface area contributed by atoms with Crippen molar-refractivity contribution in [1.29, 1.82) is 0 Å². The Morgan fingerprint density at radius 2 is 1.75 bits per heavy atom. The van der Waals surface area contributed by atoms with Gasteiger partial charge in [0.2, 0.25) is 5.91 Å². The fourth-order valence-corrected chi connectivity index (χ4v) is 8.02. The fraction of sp³-hybridized carbons (Fsp3) is 0.738. The summed E-state index contributed by atoms with van der Waals surface area (Å²) in [4.78, 5) is 50.4. The molecule has 316 valence electrons. The molecule has 0 spiro atoms. The molecule has 1 aromatic carbocycles. The minimum Gasteiger partial charge on any atom is -0.457 e. The number of aliphatic hydroxyl groups is 2. The van der Waals surface area contributed by atoms with Crippen molar-refractivity contribution in [3.63, 3.8) is 0 Å². The molecule has 11 atom stereocenters. The van der Waals surface area contributed by atoms with Crippen LogP contribution in [-0.4, -0.2) is 107 Å². The lowest BCUT2D eigenvalue weighted by molar-refractivity contribution is -0.288. The normalized spacial score (nSPS) is 35.4. The van der Waals surface area contributed by atoms with Gasteiger partial charge in [-0.2, -0.15) is 0 Å². The van der Waals surface area contributed by atoms with Crippen LogP contribution in [0.15, 0.2) is 40.5 Å². The van der Waals surface area contributed by atoms with Gasteiger partial charge < -0.3 is 39.3 Å². The van der Waals surface area contributed by atoms with Crippen molar-refractivity contribution in [1.82, 2.24) is 5.32 Å². The summed E-state index contributed by atoms with van der Waals surface area (Å²) < 4.78 is 41.5. The number of halogens is 1. The highest BCUT2D eigenvalue weighted by Gasteiger charge is 2.54. The maximum Gasteiger partial charge on any atom is 0.351 e. The molecule has 1 amide bonds. The molecule has 2 heterocycles. The number of nitrogens with one attached hydrogen (secondary N) is 1. The number of Topliss-reactive ketones (excluding diaryl/α,β-unsaturated/α-hetero) is 1. The average molecular weight is 792 g/mol. The van der Waals surface area contributed by atoms with E-state index in [1.807, 2.05) is 58.0 Å². The highest BCUT2D eigenvalue weighted by atomic mass is 19.1. The molecule has 0 radical (unpaired) electrons. The number of hydrogen-bond acceptors (Lipinski definition) is 12. The summed E-state index contributed by atoms with van der Waals surface area (Å²) in [5.41, 5.74) is -4.49. The molecule has 2 fully saturated rings. The SMILES string of the molecule is CC[C@H]1OC(=O)[C@@](C)(F)C(=O)[C@H](C)[C@@H](O[C@@H]2O[C@H](C)C[C@H](NC)[C@H]2O)C(C)(C)OC/C(=N/OCc2ccccc2)CC[C@H]([C@@H](C)C(=NC(C)=O)C(C)C)[C@]1(C)O. The number of likely N-dealkylation sites (N-methyl/N-ethyl adjacent to an activating group) is 1. The number of alkyl halides is 1. The summed E-state index contributed by atoms with van der Waals surface area (Å²) in [5.74, 6) is -5.77. The van der Waals surface area contributed by atoms with Gasteiger partial charge in [0.25, 0.3) is 5.67 Å². The highest BCUT2D eigenvalue weighted by Crippen LogP contribution is 2.39. The van der Waals surface area contributed by atoms with Crippen LogP contribution >= 0.6 is 0 Å². The van der Waals surface area contributed by atoms with Gasteiger partial charge in [-0.3, -0.25) is 9.59 Å². The van der Waals surface area contributed by atoms with Crippen molar-refractivity contribution >= 4 is 29.1 Å². The third-order valence-corrected chi connectivity index (χ3v) is 11.3.